The van der Waals surface area contributed by atoms with E-state index >= 15 is 0 Å². The van der Waals surface area contributed by atoms with Gasteiger partial charge in [-0.25, -0.2) is 9.50 Å². The number of amides is 1. The Bertz CT molecular complexity index is 828. The molecule has 0 aliphatic heterocycles. The van der Waals surface area contributed by atoms with Crippen molar-refractivity contribution in [2.24, 2.45) is 0 Å². The summed E-state index contributed by atoms with van der Waals surface area (Å²) >= 11 is 3.43. The van der Waals surface area contributed by atoms with Gasteiger partial charge in [-0.3, -0.25) is 4.79 Å². The highest BCUT2D eigenvalue weighted by Gasteiger charge is 2.13. The lowest BCUT2D eigenvalue weighted by Gasteiger charge is -2.04. The van der Waals surface area contributed by atoms with Gasteiger partial charge in [0.2, 0.25) is 0 Å². The zero-order valence-corrected chi connectivity index (χ0v) is 14.1. The van der Waals surface area contributed by atoms with Crippen molar-refractivity contribution in [2.75, 3.05) is 13.1 Å². The molecule has 0 bridgehead atoms. The second kappa shape index (κ2) is 6.89. The molecule has 4 N–H and O–H groups in total. The molecule has 0 fully saturated rings. The molecule has 2 aromatic heterocycles. The topological polar surface area (TPSA) is 86.9 Å². The lowest BCUT2D eigenvalue weighted by Crippen LogP contribution is -2.54. The van der Waals surface area contributed by atoms with Gasteiger partial charge in [-0.2, -0.15) is 5.10 Å². The normalized spacial score (nSPS) is 10.9. The number of aromatic nitrogens is 3. The minimum absolute atomic E-state index is 0.170. The number of nitrogens with one attached hydrogen (secondary N) is 1. The molecule has 0 saturated carbocycles. The van der Waals surface area contributed by atoms with Crippen LogP contribution in [0.3, 0.4) is 0 Å². The van der Waals surface area contributed by atoms with Crippen LogP contribution in [-0.4, -0.2) is 33.6 Å². The number of fused-ring (bicyclic) bond motifs is 1. The third-order valence-corrected chi connectivity index (χ3v) is 3.97. The molecule has 1 aromatic carbocycles. The Morgan fingerprint density at radius 1 is 1.22 bits per heavy atom. The van der Waals surface area contributed by atoms with E-state index in [9.17, 15) is 4.79 Å². The minimum Gasteiger partial charge on any atom is -0.356 e. The van der Waals surface area contributed by atoms with Crippen LogP contribution in [0.15, 0.2) is 47.3 Å². The van der Waals surface area contributed by atoms with Crippen LogP contribution < -0.4 is 11.1 Å². The molecule has 0 aliphatic rings. The van der Waals surface area contributed by atoms with Gasteiger partial charge < -0.3 is 11.1 Å². The van der Waals surface area contributed by atoms with E-state index in [4.69, 9.17) is 0 Å². The second-order valence-electron chi connectivity index (χ2n) is 5.20. The first-order valence-electron chi connectivity index (χ1n) is 7.31. The highest BCUT2D eigenvalue weighted by atomic mass is 79.9. The second-order valence-corrected chi connectivity index (χ2v) is 6.12. The van der Waals surface area contributed by atoms with E-state index in [1.54, 1.807) is 16.9 Å². The van der Waals surface area contributed by atoms with Gasteiger partial charge in [0.15, 0.2) is 5.65 Å². The van der Waals surface area contributed by atoms with Crippen molar-refractivity contribution in [3.8, 4) is 0 Å². The number of hydrogen-bond donors (Lipinski definition) is 2. The molecule has 1 amide bonds. The highest BCUT2D eigenvalue weighted by molar-refractivity contribution is 9.10. The van der Waals surface area contributed by atoms with Crippen molar-refractivity contribution in [1.82, 2.24) is 19.9 Å². The summed E-state index contributed by atoms with van der Waals surface area (Å²) in [4.78, 5) is 16.4. The first kappa shape index (κ1) is 15.6. The Balaban J connectivity index is 1.83. The first-order valence-corrected chi connectivity index (χ1v) is 8.11. The first-order chi connectivity index (χ1) is 11.2. The SMILES string of the molecule is [NH3+]CCNC(=O)c1cnn2cc(Cc3ccc(Br)cc3)cnc12. The van der Waals surface area contributed by atoms with Crippen LogP contribution in [0.1, 0.15) is 21.5 Å². The Hall–Kier alpha value is -2.25. The third kappa shape index (κ3) is 3.57. The van der Waals surface area contributed by atoms with E-state index in [0.717, 1.165) is 16.5 Å². The summed E-state index contributed by atoms with van der Waals surface area (Å²) in [6.07, 6.45) is 6.00. The Morgan fingerprint density at radius 2 is 2.00 bits per heavy atom. The summed E-state index contributed by atoms with van der Waals surface area (Å²) in [5.74, 6) is -0.170. The van der Waals surface area contributed by atoms with E-state index in [0.29, 0.717) is 24.3 Å². The number of benzene rings is 1. The number of carbonyl (C=O) groups excluding carboxylic acids is 1. The van der Waals surface area contributed by atoms with E-state index in [1.165, 1.54) is 5.56 Å². The van der Waals surface area contributed by atoms with Crippen molar-refractivity contribution >= 4 is 27.5 Å². The summed E-state index contributed by atoms with van der Waals surface area (Å²) in [6, 6.07) is 8.16. The molecule has 0 unspecified atom stereocenters. The average Bonchev–Trinajstić information content (AvgIpc) is 2.98. The molecule has 2 heterocycles. The highest BCUT2D eigenvalue weighted by Crippen LogP contribution is 2.15. The minimum atomic E-state index is -0.170. The number of rotatable bonds is 5. The number of hydrogen-bond acceptors (Lipinski definition) is 3. The molecule has 0 atom stereocenters. The molecule has 0 aliphatic carbocycles. The van der Waals surface area contributed by atoms with Crippen molar-refractivity contribution < 1.29 is 10.5 Å². The van der Waals surface area contributed by atoms with Crippen molar-refractivity contribution in [2.45, 2.75) is 6.42 Å². The van der Waals surface area contributed by atoms with Crippen LogP contribution in [0, 0.1) is 0 Å². The molecule has 3 rings (SSSR count). The van der Waals surface area contributed by atoms with Gasteiger partial charge in [0.1, 0.15) is 5.56 Å². The molecule has 0 radical (unpaired) electrons. The lowest BCUT2D eigenvalue weighted by atomic mass is 10.1. The molecular formula is C16H17BrN5O+. The van der Waals surface area contributed by atoms with Crippen LogP contribution in [0.5, 0.6) is 0 Å². The summed E-state index contributed by atoms with van der Waals surface area (Å²) in [5.41, 5.74) is 6.97. The molecule has 6 nitrogen and oxygen atoms in total. The van der Waals surface area contributed by atoms with E-state index < -0.39 is 0 Å². The molecule has 0 spiro atoms. The number of nitrogens with zero attached hydrogens (tertiary/aromatic N) is 3. The van der Waals surface area contributed by atoms with E-state index in [2.05, 4.69) is 49.2 Å². The standard InChI is InChI=1S/C16H16BrN5O/c17-13-3-1-11(2-4-13)7-12-8-20-15-14(9-21-22(15)10-12)16(23)19-6-5-18/h1-4,8-10H,5-7,18H2,(H,19,23)/p+1. The maximum absolute atomic E-state index is 12.0. The van der Waals surface area contributed by atoms with E-state index in [-0.39, 0.29) is 5.91 Å². The summed E-state index contributed by atoms with van der Waals surface area (Å²) in [7, 11) is 0. The fourth-order valence-corrected chi connectivity index (χ4v) is 2.56. The third-order valence-electron chi connectivity index (χ3n) is 3.44. The average molecular weight is 375 g/mol. The molecule has 3 aromatic rings. The van der Waals surface area contributed by atoms with Crippen LogP contribution in [0.25, 0.3) is 5.65 Å². The quantitative estimate of drug-likeness (QED) is 0.699. The molecule has 118 valence electrons. The van der Waals surface area contributed by atoms with Crippen LogP contribution >= 0.6 is 15.9 Å². The Kier molecular flexibility index (Phi) is 4.68. The molecular weight excluding hydrogens is 358 g/mol. The van der Waals surface area contributed by atoms with Gasteiger partial charge in [0.25, 0.3) is 5.91 Å². The maximum atomic E-state index is 12.0. The van der Waals surface area contributed by atoms with Crippen molar-refractivity contribution in [1.29, 1.82) is 0 Å². The Morgan fingerprint density at radius 3 is 2.74 bits per heavy atom. The van der Waals surface area contributed by atoms with Crippen LogP contribution in [0.4, 0.5) is 0 Å². The zero-order chi connectivity index (χ0) is 16.2. The van der Waals surface area contributed by atoms with E-state index in [1.807, 2.05) is 18.3 Å². The summed E-state index contributed by atoms with van der Waals surface area (Å²) < 4.78 is 2.70. The van der Waals surface area contributed by atoms with Gasteiger partial charge in [-0.05, 0) is 23.3 Å². The number of carbonyl (C=O) groups is 1. The van der Waals surface area contributed by atoms with Gasteiger partial charge in [0, 0.05) is 23.3 Å². The molecule has 7 heteroatoms. The maximum Gasteiger partial charge on any atom is 0.256 e. The number of quaternary nitrogens is 1. The predicted molar refractivity (Wildman–Crippen MR) is 90.0 cm³/mol. The van der Waals surface area contributed by atoms with Crippen LogP contribution in [-0.2, 0) is 6.42 Å². The Labute approximate surface area is 141 Å². The van der Waals surface area contributed by atoms with Gasteiger partial charge in [-0.15, -0.1) is 0 Å². The fourth-order valence-electron chi connectivity index (χ4n) is 2.30. The molecule has 0 saturated heterocycles. The van der Waals surface area contributed by atoms with Gasteiger partial charge in [0.05, 0.1) is 19.3 Å². The smallest absolute Gasteiger partial charge is 0.256 e. The fraction of sp³-hybridized carbons (Fsp3) is 0.188. The van der Waals surface area contributed by atoms with Gasteiger partial charge >= 0.3 is 0 Å². The van der Waals surface area contributed by atoms with Gasteiger partial charge in [-0.1, -0.05) is 28.1 Å². The largest absolute Gasteiger partial charge is 0.356 e. The lowest BCUT2D eigenvalue weighted by molar-refractivity contribution is -0.364. The monoisotopic (exact) mass is 374 g/mol. The summed E-state index contributed by atoms with van der Waals surface area (Å²) in [5, 5.41) is 7.02. The number of halogens is 1. The van der Waals surface area contributed by atoms with Crippen molar-refractivity contribution in [3.63, 3.8) is 0 Å². The zero-order valence-electron chi connectivity index (χ0n) is 12.5. The molecule has 23 heavy (non-hydrogen) atoms. The summed E-state index contributed by atoms with van der Waals surface area (Å²) in [6.45, 7) is 1.19. The predicted octanol–water partition coefficient (Wildman–Crippen LogP) is 1.05. The van der Waals surface area contributed by atoms with Crippen molar-refractivity contribution in [3.05, 3.63) is 64.0 Å². The van der Waals surface area contributed by atoms with Crippen LogP contribution in [0.2, 0.25) is 0 Å².